The van der Waals surface area contributed by atoms with E-state index in [0.717, 1.165) is 6.92 Å². The number of amides is 1. The number of benzene rings is 2. The Bertz CT molecular complexity index is 1980. The fraction of sp³-hybridized carbons (Fsp3) is 0.558. The highest BCUT2D eigenvalue weighted by Gasteiger charge is 2.78. The van der Waals surface area contributed by atoms with Gasteiger partial charge in [-0.1, -0.05) is 69.3 Å². The van der Waals surface area contributed by atoms with Crippen LogP contribution in [0.3, 0.4) is 0 Å². The summed E-state index contributed by atoms with van der Waals surface area (Å²) in [4.78, 5) is 68.8. The number of aliphatic hydroxyl groups is 4. The third-order valence-electron chi connectivity index (χ3n) is 12.6. The van der Waals surface area contributed by atoms with Crippen LogP contribution >= 0.6 is 0 Å². The number of ketones is 1. The Balaban J connectivity index is 1.49. The van der Waals surface area contributed by atoms with E-state index in [2.05, 4.69) is 5.32 Å². The molecule has 1 heterocycles. The van der Waals surface area contributed by atoms with E-state index in [1.165, 1.54) is 39.8 Å². The number of aliphatic hydroxyl groups excluding tert-OH is 3. The zero-order chi connectivity index (χ0) is 42.7. The lowest BCUT2D eigenvalue weighted by molar-refractivity contribution is -0.357. The molecule has 3 fully saturated rings. The van der Waals surface area contributed by atoms with Crippen LogP contribution in [0.25, 0.3) is 0 Å². The predicted molar refractivity (Wildman–Crippen MR) is 204 cm³/mol. The molecular weight excluding hydrogens is 754 g/mol. The van der Waals surface area contributed by atoms with Gasteiger partial charge in [0.2, 0.25) is 0 Å². The maximum atomic E-state index is 14.8. The lowest BCUT2D eigenvalue weighted by Gasteiger charge is -2.68. The zero-order valence-corrected chi connectivity index (χ0v) is 33.9. The van der Waals surface area contributed by atoms with Gasteiger partial charge in [0.05, 0.1) is 30.2 Å². The molecule has 58 heavy (non-hydrogen) atoms. The molecule has 0 radical (unpaired) electrons. The van der Waals surface area contributed by atoms with E-state index in [1.54, 1.807) is 69.3 Å². The third kappa shape index (κ3) is 7.10. The zero-order valence-electron chi connectivity index (χ0n) is 33.9. The molecule has 11 atom stereocenters. The molecule has 4 aliphatic rings. The average Bonchev–Trinajstić information content (AvgIpc) is 3.14. The second-order valence-corrected chi connectivity index (χ2v) is 17.6. The van der Waals surface area contributed by atoms with Gasteiger partial charge in [-0.2, -0.15) is 0 Å². The highest BCUT2D eigenvalue weighted by Crippen LogP contribution is 2.64. The van der Waals surface area contributed by atoms with Gasteiger partial charge in [0.15, 0.2) is 17.5 Å². The molecule has 6 rings (SSSR count). The van der Waals surface area contributed by atoms with Crippen molar-refractivity contribution in [1.29, 1.82) is 0 Å². The number of Topliss-reactive ketones (excluding diaryl/α,β-unsaturated/α-hetero) is 1. The molecule has 314 valence electrons. The number of hydrogen-bond acceptors (Lipinski definition) is 14. The first-order chi connectivity index (χ1) is 27.0. The van der Waals surface area contributed by atoms with Crippen molar-refractivity contribution in [2.24, 2.45) is 16.7 Å². The van der Waals surface area contributed by atoms with E-state index in [9.17, 15) is 44.4 Å². The molecule has 0 spiro atoms. The van der Waals surface area contributed by atoms with Gasteiger partial charge in [0.1, 0.15) is 35.6 Å². The maximum Gasteiger partial charge on any atom is 0.408 e. The second kappa shape index (κ2) is 15.2. The van der Waals surface area contributed by atoms with Crippen molar-refractivity contribution in [1.82, 2.24) is 5.32 Å². The number of hydrogen-bond donors (Lipinski definition) is 5. The molecule has 1 aliphatic heterocycles. The fourth-order valence-corrected chi connectivity index (χ4v) is 9.54. The van der Waals surface area contributed by atoms with E-state index in [1.807, 2.05) is 0 Å². The van der Waals surface area contributed by atoms with Gasteiger partial charge in [0, 0.05) is 36.2 Å². The van der Waals surface area contributed by atoms with E-state index in [4.69, 9.17) is 23.7 Å². The van der Waals surface area contributed by atoms with Crippen molar-refractivity contribution in [3.63, 3.8) is 0 Å². The number of carbonyl (C=O) groups is 5. The molecular formula is C43H53NO14. The smallest absolute Gasteiger partial charge is 0.408 e. The van der Waals surface area contributed by atoms with Gasteiger partial charge >= 0.3 is 24.0 Å². The summed E-state index contributed by atoms with van der Waals surface area (Å²) in [5.41, 5.74) is -8.21. The molecule has 3 aliphatic carbocycles. The van der Waals surface area contributed by atoms with Crippen LogP contribution in [0.2, 0.25) is 0 Å². The van der Waals surface area contributed by atoms with Crippen molar-refractivity contribution < 1.29 is 68.1 Å². The molecule has 2 aromatic rings. The molecule has 15 nitrogen and oxygen atoms in total. The normalized spacial score (nSPS) is 33.7. The Kier molecular flexibility index (Phi) is 11.2. The Labute approximate surface area is 336 Å². The van der Waals surface area contributed by atoms with Gasteiger partial charge in [0.25, 0.3) is 0 Å². The predicted octanol–water partition coefficient (Wildman–Crippen LogP) is 3.26. The first-order valence-corrected chi connectivity index (χ1v) is 19.3. The highest BCUT2D eigenvalue weighted by molar-refractivity contribution is 6.02. The van der Waals surface area contributed by atoms with Crippen LogP contribution in [0.1, 0.15) is 90.2 Å². The lowest BCUT2D eigenvalue weighted by atomic mass is 9.44. The van der Waals surface area contributed by atoms with E-state index >= 15 is 0 Å². The van der Waals surface area contributed by atoms with Crippen molar-refractivity contribution in [3.8, 4) is 0 Å². The quantitative estimate of drug-likeness (QED) is 0.191. The van der Waals surface area contributed by atoms with Crippen LogP contribution in [0.4, 0.5) is 4.79 Å². The van der Waals surface area contributed by atoms with Crippen LogP contribution in [-0.4, -0.2) is 110 Å². The fourth-order valence-electron chi connectivity index (χ4n) is 9.54. The Hall–Kier alpha value is -4.67. The average molecular weight is 808 g/mol. The second-order valence-electron chi connectivity index (χ2n) is 17.6. The number of ether oxygens (including phenoxy) is 5. The summed E-state index contributed by atoms with van der Waals surface area (Å²) in [7, 11) is 0. The summed E-state index contributed by atoms with van der Waals surface area (Å²) in [5, 5.41) is 51.7. The Morgan fingerprint density at radius 3 is 2.10 bits per heavy atom. The van der Waals surface area contributed by atoms with Gasteiger partial charge in [-0.05, 0) is 51.0 Å². The first-order valence-electron chi connectivity index (χ1n) is 19.3. The molecule has 1 saturated heterocycles. The standard InChI is InChI=1S/C43H53NO14/c1-22-26(55-37(51)32(48)30(24-15-11-9-12-16-24)44-38(52)58-39(3,4)5)20-43(53)35(56-36(50)25-17-13-10-14-18-25)33-41(8,34(49)31(47)29(22)40(43,6)7)27(46)19-28-42(33,21-54-28)57-23(2)45/h9-18,26-28,30,32-35,46,48-49,53H,19-21H2,1-8H3,(H,44,52)/t26-,27-,28+,30-,32+,33-,34?,35-,41+,42-,43+/m0/s1. The summed E-state index contributed by atoms with van der Waals surface area (Å²) in [6, 6.07) is 14.6. The SMILES string of the molecule is CC(=O)O[C@@]12CO[C@@H]1C[C@H](O)[C@@]1(C)C(O)C(=O)C3=C(C)[C@@H](OC(=O)[C@H](O)[C@@H](NC(=O)OC(C)(C)C)c4ccccc4)C[C@@](O)([C@@H](OC(=O)c4ccccc4)[C@H]21)C3(C)C. The molecule has 5 N–H and O–H groups in total. The van der Waals surface area contributed by atoms with Gasteiger partial charge in [-0.3, -0.25) is 9.59 Å². The number of esters is 3. The monoisotopic (exact) mass is 807 g/mol. The largest absolute Gasteiger partial charge is 0.456 e. The number of rotatable bonds is 8. The van der Waals surface area contributed by atoms with E-state index < -0.39 is 112 Å². The van der Waals surface area contributed by atoms with Crippen molar-refractivity contribution in [3.05, 3.63) is 82.9 Å². The van der Waals surface area contributed by atoms with Crippen LogP contribution in [0, 0.1) is 16.7 Å². The molecule has 0 aromatic heterocycles. The van der Waals surface area contributed by atoms with Crippen molar-refractivity contribution in [2.75, 3.05) is 6.61 Å². The van der Waals surface area contributed by atoms with Crippen LogP contribution < -0.4 is 5.32 Å². The number of nitrogens with one attached hydrogen (secondary N) is 1. The molecule has 2 saturated carbocycles. The summed E-state index contributed by atoms with van der Waals surface area (Å²) >= 11 is 0. The van der Waals surface area contributed by atoms with Crippen LogP contribution in [0.15, 0.2) is 71.8 Å². The van der Waals surface area contributed by atoms with Gasteiger partial charge < -0.3 is 49.4 Å². The van der Waals surface area contributed by atoms with Gasteiger partial charge in [-0.15, -0.1) is 0 Å². The third-order valence-corrected chi connectivity index (χ3v) is 12.6. The topological polar surface area (TPSA) is 224 Å². The number of alkyl carbamates (subject to hydrolysis) is 1. The van der Waals surface area contributed by atoms with Gasteiger partial charge in [-0.25, -0.2) is 14.4 Å². The Morgan fingerprint density at radius 1 is 0.948 bits per heavy atom. The summed E-state index contributed by atoms with van der Waals surface area (Å²) in [6.45, 7) is 11.8. The maximum absolute atomic E-state index is 14.8. The molecule has 2 bridgehead atoms. The van der Waals surface area contributed by atoms with Crippen LogP contribution in [0.5, 0.6) is 0 Å². The Morgan fingerprint density at radius 2 is 1.55 bits per heavy atom. The molecule has 15 heteroatoms. The minimum absolute atomic E-state index is 0.0851. The summed E-state index contributed by atoms with van der Waals surface area (Å²) in [6.07, 6.45) is -11.4. The summed E-state index contributed by atoms with van der Waals surface area (Å²) in [5.74, 6) is -5.32. The highest BCUT2D eigenvalue weighted by atomic mass is 16.6. The summed E-state index contributed by atoms with van der Waals surface area (Å²) < 4.78 is 29.5. The van der Waals surface area contributed by atoms with Crippen molar-refractivity contribution >= 4 is 29.8 Å². The first kappa shape index (κ1) is 42.9. The van der Waals surface area contributed by atoms with Crippen LogP contribution in [-0.2, 0) is 38.1 Å². The molecule has 1 unspecified atom stereocenters. The molecule has 2 aromatic carbocycles. The minimum atomic E-state index is -2.37. The lowest BCUT2D eigenvalue weighted by Crippen LogP contribution is -2.82. The number of fused-ring (bicyclic) bond motifs is 5. The number of carbonyl (C=O) groups excluding carboxylic acids is 5. The van der Waals surface area contributed by atoms with Crippen molar-refractivity contribution in [2.45, 2.75) is 128 Å². The van der Waals surface area contributed by atoms with E-state index in [-0.39, 0.29) is 29.7 Å². The van der Waals surface area contributed by atoms with E-state index in [0.29, 0.717) is 5.56 Å². The molecule has 1 amide bonds. The minimum Gasteiger partial charge on any atom is -0.456 e.